The van der Waals surface area contributed by atoms with Crippen molar-refractivity contribution in [3.8, 4) is 5.75 Å². The molecule has 0 amide bonds. The van der Waals surface area contributed by atoms with Gasteiger partial charge in [0.25, 0.3) is 0 Å². The molecule has 7 nitrogen and oxygen atoms in total. The van der Waals surface area contributed by atoms with E-state index in [4.69, 9.17) is 0 Å². The molecule has 3 aromatic rings. The zero-order valence-corrected chi connectivity index (χ0v) is 15.5. The first-order valence-corrected chi connectivity index (χ1v) is 8.37. The lowest BCUT2D eigenvalue weighted by Gasteiger charge is -2.16. The van der Waals surface area contributed by atoms with Gasteiger partial charge in [0, 0.05) is 5.41 Å². The highest BCUT2D eigenvalue weighted by Gasteiger charge is 2.25. The van der Waals surface area contributed by atoms with Crippen LogP contribution in [0.3, 0.4) is 0 Å². The molecule has 132 valence electrons. The van der Waals surface area contributed by atoms with E-state index in [1.807, 2.05) is 19.1 Å². The average molecular weight is 340 g/mol. The minimum absolute atomic E-state index is 0.106. The van der Waals surface area contributed by atoms with Gasteiger partial charge in [0.15, 0.2) is 5.69 Å². The lowest BCUT2D eigenvalue weighted by molar-refractivity contribution is 0.476. The number of aryl methyl sites for hydroxylation is 1. The van der Waals surface area contributed by atoms with Crippen molar-refractivity contribution in [2.24, 2.45) is 10.2 Å². The van der Waals surface area contributed by atoms with Crippen LogP contribution in [-0.2, 0) is 5.41 Å². The summed E-state index contributed by atoms with van der Waals surface area (Å²) >= 11 is 0. The highest BCUT2D eigenvalue weighted by Crippen LogP contribution is 2.36. The molecule has 0 radical (unpaired) electrons. The van der Waals surface area contributed by atoms with Crippen LogP contribution in [-0.4, -0.2) is 24.9 Å². The Labute approximate surface area is 146 Å². The summed E-state index contributed by atoms with van der Waals surface area (Å²) < 4.78 is 1.80. The Morgan fingerprint density at radius 1 is 1.16 bits per heavy atom. The summed E-state index contributed by atoms with van der Waals surface area (Å²) in [6, 6.07) is 5.41. The Hall–Kier alpha value is -2.70. The molecule has 0 aliphatic carbocycles. The third-order valence-corrected chi connectivity index (χ3v) is 4.17. The molecule has 1 aromatic carbocycles. The quantitative estimate of drug-likeness (QED) is 0.664. The van der Waals surface area contributed by atoms with Crippen LogP contribution >= 0.6 is 0 Å². The molecule has 0 saturated carbocycles. The smallest absolute Gasteiger partial charge is 0.205 e. The Bertz CT molecular complexity index is 943. The normalized spacial score (nSPS) is 12.8. The second-order valence-electron chi connectivity index (χ2n) is 7.59. The molecule has 7 heteroatoms. The summed E-state index contributed by atoms with van der Waals surface area (Å²) in [5, 5.41) is 30.4. The zero-order valence-electron chi connectivity index (χ0n) is 15.5. The van der Waals surface area contributed by atoms with Gasteiger partial charge >= 0.3 is 0 Å². The molecule has 0 atom stereocenters. The van der Waals surface area contributed by atoms with Crippen LogP contribution in [0.5, 0.6) is 5.75 Å². The van der Waals surface area contributed by atoms with Crippen LogP contribution in [0.15, 0.2) is 28.4 Å². The molecule has 25 heavy (non-hydrogen) atoms. The summed E-state index contributed by atoms with van der Waals surface area (Å²) in [4.78, 5) is 0. The Kier molecular flexibility index (Phi) is 4.10. The first-order chi connectivity index (χ1) is 11.7. The van der Waals surface area contributed by atoms with E-state index in [0.717, 1.165) is 17.1 Å². The van der Waals surface area contributed by atoms with E-state index in [9.17, 15) is 5.11 Å². The number of fused-ring (bicyclic) bond motifs is 1. The third kappa shape index (κ3) is 3.14. The molecule has 0 aliphatic heterocycles. The molecule has 0 unspecified atom stereocenters. The summed E-state index contributed by atoms with van der Waals surface area (Å²) in [7, 11) is 0. The predicted molar refractivity (Wildman–Crippen MR) is 97.1 cm³/mol. The molecule has 0 aliphatic rings. The van der Waals surface area contributed by atoms with Crippen molar-refractivity contribution in [3.05, 3.63) is 35.3 Å². The van der Waals surface area contributed by atoms with Gasteiger partial charge in [-0.25, -0.2) is 4.52 Å². The number of benzene rings is 1. The minimum Gasteiger partial charge on any atom is -0.506 e. The van der Waals surface area contributed by atoms with Crippen molar-refractivity contribution in [2.45, 2.75) is 52.9 Å². The number of nitrogens with zero attached hydrogens (tertiary/aromatic N) is 5. The molecule has 2 aromatic heterocycles. The molecule has 2 heterocycles. The summed E-state index contributed by atoms with van der Waals surface area (Å²) in [5.74, 6) is 1.21. The topological polar surface area (TPSA) is 90.9 Å². The Balaban J connectivity index is 2.11. The fraction of sp³-hybridized carbons (Fsp3) is 0.444. The maximum absolute atomic E-state index is 10.1. The fourth-order valence-electron chi connectivity index (χ4n) is 2.63. The Morgan fingerprint density at radius 2 is 1.88 bits per heavy atom. The molecular weight excluding hydrogens is 316 g/mol. The lowest BCUT2D eigenvalue weighted by atomic mass is 9.91. The number of H-pyrrole nitrogens is 1. The van der Waals surface area contributed by atoms with Gasteiger partial charge in [0.05, 0.1) is 5.69 Å². The molecule has 3 rings (SSSR count). The van der Waals surface area contributed by atoms with Crippen molar-refractivity contribution in [2.75, 3.05) is 0 Å². The van der Waals surface area contributed by atoms with E-state index in [2.05, 4.69) is 60.1 Å². The van der Waals surface area contributed by atoms with Crippen molar-refractivity contribution < 1.29 is 5.11 Å². The number of rotatable bonds is 3. The number of aromatic hydroxyl groups is 1. The van der Waals surface area contributed by atoms with Crippen LogP contribution < -0.4 is 0 Å². The minimum atomic E-state index is -0.163. The maximum Gasteiger partial charge on any atom is 0.205 e. The fourth-order valence-corrected chi connectivity index (χ4v) is 2.63. The van der Waals surface area contributed by atoms with Gasteiger partial charge in [-0.15, -0.1) is 20.4 Å². The van der Waals surface area contributed by atoms with Crippen LogP contribution in [0.1, 0.15) is 57.6 Å². The predicted octanol–water partition coefficient (Wildman–Crippen LogP) is 4.91. The van der Waals surface area contributed by atoms with Crippen molar-refractivity contribution in [1.29, 1.82) is 0 Å². The standard InChI is InChI=1S/C18H24N6O/c1-10(2)12-7-8-14(25)13(9-12)20-21-15-16(18(4,5)6)23-24-11(3)19-22-17(15)24/h7-10,23,25H,1-6H3. The Morgan fingerprint density at radius 3 is 2.52 bits per heavy atom. The average Bonchev–Trinajstić information content (AvgIpc) is 3.06. The van der Waals surface area contributed by atoms with Gasteiger partial charge in [-0.2, -0.15) is 0 Å². The highest BCUT2D eigenvalue weighted by molar-refractivity contribution is 5.68. The van der Waals surface area contributed by atoms with Gasteiger partial charge in [0.1, 0.15) is 17.3 Å². The number of phenolic OH excluding ortho intramolecular Hbond substituents is 1. The first kappa shape index (κ1) is 17.1. The van der Waals surface area contributed by atoms with Crippen LogP contribution in [0.25, 0.3) is 5.65 Å². The SMILES string of the molecule is Cc1nnc2c(N=Nc3cc(C(C)C)ccc3O)c(C(C)(C)C)[nH]n12. The third-order valence-electron chi connectivity index (χ3n) is 4.17. The number of azo groups is 1. The second-order valence-corrected chi connectivity index (χ2v) is 7.59. The van der Waals surface area contributed by atoms with Gasteiger partial charge in [0.2, 0.25) is 5.65 Å². The molecular formula is C18H24N6O. The van der Waals surface area contributed by atoms with E-state index in [1.54, 1.807) is 10.6 Å². The number of hydrogen-bond donors (Lipinski definition) is 2. The van der Waals surface area contributed by atoms with Crippen molar-refractivity contribution >= 4 is 17.0 Å². The number of nitrogens with one attached hydrogen (secondary N) is 1. The number of phenols is 1. The van der Waals surface area contributed by atoms with Crippen LogP contribution in [0.4, 0.5) is 11.4 Å². The molecule has 0 bridgehead atoms. The first-order valence-electron chi connectivity index (χ1n) is 8.37. The van der Waals surface area contributed by atoms with Crippen LogP contribution in [0, 0.1) is 6.92 Å². The summed E-state index contributed by atoms with van der Waals surface area (Å²) in [5.41, 5.74) is 3.57. The largest absolute Gasteiger partial charge is 0.506 e. The van der Waals surface area contributed by atoms with Crippen LogP contribution in [0.2, 0.25) is 0 Å². The van der Waals surface area contributed by atoms with Gasteiger partial charge < -0.3 is 5.11 Å². The number of aromatic nitrogens is 4. The van der Waals surface area contributed by atoms with Gasteiger partial charge in [-0.05, 0) is 30.5 Å². The monoisotopic (exact) mass is 340 g/mol. The van der Waals surface area contributed by atoms with Gasteiger partial charge in [-0.3, -0.25) is 5.10 Å². The number of hydrogen-bond acceptors (Lipinski definition) is 5. The number of aromatic amines is 1. The molecule has 2 N–H and O–H groups in total. The second kappa shape index (κ2) is 5.98. The maximum atomic E-state index is 10.1. The zero-order chi connectivity index (χ0) is 18.4. The van der Waals surface area contributed by atoms with E-state index in [-0.39, 0.29) is 11.2 Å². The van der Waals surface area contributed by atoms with Crippen molar-refractivity contribution in [1.82, 2.24) is 19.8 Å². The highest BCUT2D eigenvalue weighted by atomic mass is 16.3. The van der Waals surface area contributed by atoms with Gasteiger partial charge in [-0.1, -0.05) is 40.7 Å². The van der Waals surface area contributed by atoms with E-state index in [0.29, 0.717) is 22.9 Å². The summed E-state index contributed by atoms with van der Waals surface area (Å²) in [6.45, 7) is 12.4. The van der Waals surface area contributed by atoms with E-state index in [1.165, 1.54) is 0 Å². The van der Waals surface area contributed by atoms with Crippen molar-refractivity contribution in [3.63, 3.8) is 0 Å². The molecule has 0 fully saturated rings. The lowest BCUT2D eigenvalue weighted by Crippen LogP contribution is -2.12. The summed E-state index contributed by atoms with van der Waals surface area (Å²) in [6.07, 6.45) is 0. The molecule has 0 spiro atoms. The van der Waals surface area contributed by atoms with E-state index < -0.39 is 0 Å². The molecule has 0 saturated heterocycles. The van der Waals surface area contributed by atoms with E-state index >= 15 is 0 Å².